The quantitative estimate of drug-likeness (QED) is 0.836. The van der Waals surface area contributed by atoms with Gasteiger partial charge in [-0.15, -0.1) is 0 Å². The summed E-state index contributed by atoms with van der Waals surface area (Å²) in [5.41, 5.74) is 2.69. The lowest BCUT2D eigenvalue weighted by Gasteiger charge is -2.22. The number of fused-ring (bicyclic) bond motifs is 1. The van der Waals surface area contributed by atoms with Gasteiger partial charge in [-0.05, 0) is 49.7 Å². The molecule has 1 atom stereocenters. The van der Waals surface area contributed by atoms with Crippen LogP contribution in [0.4, 0.5) is 11.4 Å². The second-order valence-corrected chi connectivity index (χ2v) is 6.23. The first-order valence-electron chi connectivity index (χ1n) is 7.08. The van der Waals surface area contributed by atoms with E-state index in [9.17, 15) is 4.79 Å². The normalized spacial score (nSPS) is 17.6. The number of carbonyl (C=O) groups excluding carboxylic acids is 1. The molecule has 1 N–H and O–H groups in total. The number of para-hydroxylation sites is 2. The van der Waals surface area contributed by atoms with Gasteiger partial charge in [0.2, 0.25) is 0 Å². The minimum absolute atomic E-state index is 0.0471. The average Bonchev–Trinajstić information content (AvgIpc) is 2.65. The number of halogens is 1. The highest BCUT2D eigenvalue weighted by Crippen LogP contribution is 2.31. The molecule has 1 aliphatic heterocycles. The van der Waals surface area contributed by atoms with Gasteiger partial charge in [-0.2, -0.15) is 0 Å². The third kappa shape index (κ3) is 2.95. The van der Waals surface area contributed by atoms with Gasteiger partial charge in [-0.3, -0.25) is 4.79 Å². The zero-order chi connectivity index (χ0) is 14.8. The fraction of sp³-hybridized carbons (Fsp3) is 0.235. The number of hydrogen-bond donors (Lipinski definition) is 1. The molecule has 0 unspecified atom stereocenters. The second kappa shape index (κ2) is 5.90. The first kappa shape index (κ1) is 14.1. The van der Waals surface area contributed by atoms with Gasteiger partial charge in [0.15, 0.2) is 0 Å². The lowest BCUT2D eigenvalue weighted by molar-refractivity contribution is 0.0987. The molecule has 0 saturated heterocycles. The Balaban J connectivity index is 1.97. The van der Waals surface area contributed by atoms with Crippen molar-refractivity contribution in [2.75, 3.05) is 16.8 Å². The van der Waals surface area contributed by atoms with Crippen molar-refractivity contribution in [3.63, 3.8) is 0 Å². The molecule has 4 heteroatoms. The van der Waals surface area contributed by atoms with Crippen LogP contribution in [0.3, 0.4) is 0 Å². The smallest absolute Gasteiger partial charge is 0.258 e. The Bertz CT molecular complexity index is 654. The summed E-state index contributed by atoms with van der Waals surface area (Å²) >= 11 is 3.40. The Morgan fingerprint density at radius 1 is 1.19 bits per heavy atom. The number of anilines is 2. The Kier molecular flexibility index (Phi) is 3.97. The number of nitrogens with zero attached hydrogens (tertiary/aromatic N) is 1. The largest absolute Gasteiger partial charge is 0.381 e. The number of benzene rings is 2. The first-order chi connectivity index (χ1) is 10.1. The molecule has 1 amide bonds. The summed E-state index contributed by atoms with van der Waals surface area (Å²) < 4.78 is 0.977. The van der Waals surface area contributed by atoms with E-state index in [1.807, 2.05) is 53.4 Å². The van der Waals surface area contributed by atoms with Crippen LogP contribution in [-0.2, 0) is 0 Å². The minimum Gasteiger partial charge on any atom is -0.381 e. The molecular formula is C17H17BrN2O. The van der Waals surface area contributed by atoms with Crippen molar-refractivity contribution in [2.24, 2.45) is 0 Å². The Morgan fingerprint density at radius 3 is 2.67 bits per heavy atom. The summed E-state index contributed by atoms with van der Waals surface area (Å²) in [6, 6.07) is 15.9. The molecule has 3 nitrogen and oxygen atoms in total. The molecule has 0 radical (unpaired) electrons. The number of hydrogen-bond acceptors (Lipinski definition) is 2. The number of carbonyl (C=O) groups is 1. The van der Waals surface area contributed by atoms with Crippen molar-refractivity contribution in [1.29, 1.82) is 0 Å². The number of amides is 1. The topological polar surface area (TPSA) is 32.3 Å². The Labute approximate surface area is 133 Å². The van der Waals surface area contributed by atoms with Gasteiger partial charge in [-0.25, -0.2) is 0 Å². The van der Waals surface area contributed by atoms with Crippen molar-refractivity contribution in [3.8, 4) is 0 Å². The standard InChI is InChI=1S/C17H17BrN2O/c1-12-10-11-20(16-5-3-2-4-15(16)19-12)17(21)13-6-8-14(18)9-7-13/h2-9,12,19H,10-11H2,1H3/t12-/m1/s1. The van der Waals surface area contributed by atoms with E-state index in [1.165, 1.54) is 0 Å². The number of nitrogens with one attached hydrogen (secondary N) is 1. The van der Waals surface area contributed by atoms with E-state index in [0.717, 1.165) is 28.8 Å². The Hall–Kier alpha value is -1.81. The molecule has 0 spiro atoms. The van der Waals surface area contributed by atoms with Crippen LogP contribution < -0.4 is 10.2 Å². The van der Waals surface area contributed by atoms with Crippen LogP contribution in [0.2, 0.25) is 0 Å². The lowest BCUT2D eigenvalue weighted by Crippen LogP contribution is -2.32. The van der Waals surface area contributed by atoms with Gasteiger partial charge in [0.05, 0.1) is 11.4 Å². The molecule has 108 valence electrons. The van der Waals surface area contributed by atoms with Crippen molar-refractivity contribution >= 4 is 33.2 Å². The van der Waals surface area contributed by atoms with Crippen LogP contribution in [-0.4, -0.2) is 18.5 Å². The minimum atomic E-state index is 0.0471. The van der Waals surface area contributed by atoms with Crippen LogP contribution in [0.5, 0.6) is 0 Å². The van der Waals surface area contributed by atoms with E-state index in [4.69, 9.17) is 0 Å². The van der Waals surface area contributed by atoms with Gasteiger partial charge in [0.1, 0.15) is 0 Å². The molecule has 21 heavy (non-hydrogen) atoms. The summed E-state index contributed by atoms with van der Waals surface area (Å²) in [5.74, 6) is 0.0471. The highest BCUT2D eigenvalue weighted by molar-refractivity contribution is 9.10. The lowest BCUT2D eigenvalue weighted by atomic mass is 10.1. The number of rotatable bonds is 1. The molecule has 0 saturated carbocycles. The van der Waals surface area contributed by atoms with Gasteiger partial charge >= 0.3 is 0 Å². The third-order valence-corrected chi connectivity index (χ3v) is 4.25. The van der Waals surface area contributed by atoms with Gasteiger partial charge in [-0.1, -0.05) is 28.1 Å². The molecule has 3 rings (SSSR count). The zero-order valence-electron chi connectivity index (χ0n) is 11.8. The van der Waals surface area contributed by atoms with Crippen LogP contribution in [0.15, 0.2) is 53.0 Å². The Morgan fingerprint density at radius 2 is 1.90 bits per heavy atom. The van der Waals surface area contributed by atoms with Crippen molar-refractivity contribution in [1.82, 2.24) is 0 Å². The predicted molar refractivity (Wildman–Crippen MR) is 90.0 cm³/mol. The first-order valence-corrected chi connectivity index (χ1v) is 7.87. The molecule has 1 aliphatic rings. The second-order valence-electron chi connectivity index (χ2n) is 5.31. The third-order valence-electron chi connectivity index (χ3n) is 3.72. The zero-order valence-corrected chi connectivity index (χ0v) is 13.4. The van der Waals surface area contributed by atoms with Crippen LogP contribution in [0, 0.1) is 0 Å². The fourth-order valence-corrected chi connectivity index (χ4v) is 2.84. The van der Waals surface area contributed by atoms with Crippen molar-refractivity contribution < 1.29 is 4.79 Å². The maximum Gasteiger partial charge on any atom is 0.258 e. The van der Waals surface area contributed by atoms with Gasteiger partial charge < -0.3 is 10.2 Å². The monoisotopic (exact) mass is 344 g/mol. The molecule has 0 aliphatic carbocycles. The summed E-state index contributed by atoms with van der Waals surface area (Å²) in [5, 5.41) is 3.47. The molecule has 0 bridgehead atoms. The highest BCUT2D eigenvalue weighted by atomic mass is 79.9. The van der Waals surface area contributed by atoms with E-state index < -0.39 is 0 Å². The fourth-order valence-electron chi connectivity index (χ4n) is 2.57. The van der Waals surface area contributed by atoms with Crippen molar-refractivity contribution in [2.45, 2.75) is 19.4 Å². The van der Waals surface area contributed by atoms with Gasteiger partial charge in [0.25, 0.3) is 5.91 Å². The van der Waals surface area contributed by atoms with Crippen LogP contribution in [0.1, 0.15) is 23.7 Å². The summed E-state index contributed by atoms with van der Waals surface area (Å²) in [4.78, 5) is 14.7. The summed E-state index contributed by atoms with van der Waals surface area (Å²) in [6.45, 7) is 2.87. The molecule has 0 aromatic heterocycles. The molecule has 0 fully saturated rings. The van der Waals surface area contributed by atoms with Crippen molar-refractivity contribution in [3.05, 3.63) is 58.6 Å². The highest BCUT2D eigenvalue weighted by Gasteiger charge is 2.23. The molecule has 2 aromatic carbocycles. The summed E-state index contributed by atoms with van der Waals surface area (Å²) in [7, 11) is 0. The average molecular weight is 345 g/mol. The van der Waals surface area contributed by atoms with E-state index in [0.29, 0.717) is 11.6 Å². The van der Waals surface area contributed by atoms with E-state index in [2.05, 4.69) is 28.2 Å². The summed E-state index contributed by atoms with van der Waals surface area (Å²) in [6.07, 6.45) is 0.928. The van der Waals surface area contributed by atoms with Crippen LogP contribution in [0.25, 0.3) is 0 Å². The maximum atomic E-state index is 12.8. The van der Waals surface area contributed by atoms with E-state index >= 15 is 0 Å². The van der Waals surface area contributed by atoms with E-state index in [1.54, 1.807) is 0 Å². The van der Waals surface area contributed by atoms with Gasteiger partial charge in [0, 0.05) is 22.6 Å². The van der Waals surface area contributed by atoms with Crippen LogP contribution >= 0.6 is 15.9 Å². The molecule has 2 aromatic rings. The van der Waals surface area contributed by atoms with E-state index in [-0.39, 0.29) is 5.91 Å². The SMILES string of the molecule is C[C@@H]1CCN(C(=O)c2ccc(Br)cc2)c2ccccc2N1. The molecule has 1 heterocycles. The maximum absolute atomic E-state index is 12.8. The predicted octanol–water partition coefficient (Wildman–Crippen LogP) is 4.30. The molecular weight excluding hydrogens is 328 g/mol.